The third-order valence-electron chi connectivity index (χ3n) is 5.37. The van der Waals surface area contributed by atoms with Gasteiger partial charge in [-0.1, -0.05) is 47.6 Å². The number of hydrogen-bond donors (Lipinski definition) is 2. The Balaban J connectivity index is 2.45. The Bertz CT molecular complexity index is 1100. The molecule has 1 atom stereocenters. The molecule has 0 saturated carbocycles. The zero-order valence-electron chi connectivity index (χ0n) is 21.1. The van der Waals surface area contributed by atoms with E-state index >= 15 is 0 Å². The molecule has 2 rings (SSSR count). The third kappa shape index (κ3) is 6.27. The van der Waals surface area contributed by atoms with Crippen LogP contribution in [0.25, 0.3) is 0 Å². The van der Waals surface area contributed by atoms with Gasteiger partial charge in [0.1, 0.15) is 11.6 Å². The van der Waals surface area contributed by atoms with Crippen LogP contribution in [0, 0.1) is 18.8 Å². The van der Waals surface area contributed by atoms with Crippen LogP contribution in [0.1, 0.15) is 65.5 Å². The van der Waals surface area contributed by atoms with Crippen LogP contribution in [0.15, 0.2) is 27.8 Å². The second-order valence-electron chi connectivity index (χ2n) is 9.77. The van der Waals surface area contributed by atoms with Gasteiger partial charge < -0.3 is 15.4 Å². The molecule has 8 heteroatoms. The van der Waals surface area contributed by atoms with Crippen LogP contribution in [-0.2, 0) is 11.3 Å². The normalized spacial score (nSPS) is 12.5. The van der Waals surface area contributed by atoms with Gasteiger partial charge >= 0.3 is 5.69 Å². The molecular weight excluding hydrogens is 420 g/mol. The Morgan fingerprint density at radius 2 is 1.73 bits per heavy atom. The van der Waals surface area contributed by atoms with E-state index in [0.717, 1.165) is 5.56 Å². The summed E-state index contributed by atoms with van der Waals surface area (Å²) in [7, 11) is 0. The molecule has 0 bridgehead atoms. The zero-order valence-corrected chi connectivity index (χ0v) is 21.1. The predicted octanol–water partition coefficient (Wildman–Crippen LogP) is 3.66. The lowest BCUT2D eigenvalue weighted by Crippen LogP contribution is -2.47. The summed E-state index contributed by atoms with van der Waals surface area (Å²) in [5.74, 6) is 0.720. The fourth-order valence-corrected chi connectivity index (χ4v) is 3.88. The van der Waals surface area contributed by atoms with Gasteiger partial charge in [-0.3, -0.25) is 19.1 Å². The average Bonchev–Trinajstić information content (AvgIpc) is 2.69. The standard InChI is InChI=1S/C25H38N4O4/c1-14(2)12-28(21-22(26)29(13-15(3)4)25(32)27-23(21)30)24(31)18(8)33-19-9-10-20(16(5)6)17(7)11-19/h9-11,14-16,18H,12-13,26H2,1-8H3,(H,27,30,32). The summed E-state index contributed by atoms with van der Waals surface area (Å²) < 4.78 is 7.27. The maximum absolute atomic E-state index is 13.5. The molecule has 3 N–H and O–H groups in total. The van der Waals surface area contributed by atoms with Crippen molar-refractivity contribution in [2.45, 2.75) is 74.0 Å². The van der Waals surface area contributed by atoms with Crippen LogP contribution >= 0.6 is 0 Å². The topological polar surface area (TPSA) is 110 Å². The molecule has 2 aromatic rings. The number of aromatic amines is 1. The van der Waals surface area contributed by atoms with E-state index in [4.69, 9.17) is 10.5 Å². The van der Waals surface area contributed by atoms with Gasteiger partial charge in [0.2, 0.25) is 0 Å². The lowest BCUT2D eigenvalue weighted by Gasteiger charge is -2.29. The van der Waals surface area contributed by atoms with Crippen LogP contribution in [0.4, 0.5) is 11.5 Å². The average molecular weight is 459 g/mol. The van der Waals surface area contributed by atoms with Crippen molar-refractivity contribution in [2.24, 2.45) is 11.8 Å². The number of nitrogens with zero attached hydrogens (tertiary/aromatic N) is 2. The maximum atomic E-state index is 13.5. The summed E-state index contributed by atoms with van der Waals surface area (Å²) in [6, 6.07) is 5.77. The number of ether oxygens (including phenoxy) is 1. The van der Waals surface area contributed by atoms with E-state index in [1.165, 1.54) is 15.0 Å². The highest BCUT2D eigenvalue weighted by atomic mass is 16.5. The first-order chi connectivity index (χ1) is 15.3. The first kappa shape index (κ1) is 26.2. The van der Waals surface area contributed by atoms with Gasteiger partial charge in [-0.25, -0.2) is 4.79 Å². The molecule has 0 spiro atoms. The van der Waals surface area contributed by atoms with E-state index in [1.807, 2.05) is 52.8 Å². The minimum atomic E-state index is -0.864. The number of hydrogen-bond acceptors (Lipinski definition) is 5. The van der Waals surface area contributed by atoms with Crippen LogP contribution in [-0.4, -0.2) is 28.1 Å². The lowest BCUT2D eigenvalue weighted by atomic mass is 9.98. The van der Waals surface area contributed by atoms with Gasteiger partial charge in [-0.05, 0) is 54.9 Å². The number of aryl methyl sites for hydroxylation is 1. The molecular formula is C25H38N4O4. The number of nitrogens with two attached hydrogens (primary N) is 1. The molecule has 1 amide bonds. The summed E-state index contributed by atoms with van der Waals surface area (Å²) in [6.07, 6.45) is -0.864. The van der Waals surface area contributed by atoms with E-state index in [-0.39, 0.29) is 29.9 Å². The van der Waals surface area contributed by atoms with Crippen molar-refractivity contribution in [3.63, 3.8) is 0 Å². The van der Waals surface area contributed by atoms with Crippen molar-refractivity contribution < 1.29 is 9.53 Å². The molecule has 1 unspecified atom stereocenters. The Hall–Kier alpha value is -3.03. The predicted molar refractivity (Wildman–Crippen MR) is 133 cm³/mol. The van der Waals surface area contributed by atoms with E-state index in [2.05, 4.69) is 18.8 Å². The van der Waals surface area contributed by atoms with Gasteiger partial charge in [-0.15, -0.1) is 0 Å². The number of carbonyl (C=O) groups is 1. The number of anilines is 2. The van der Waals surface area contributed by atoms with Crippen LogP contribution in [0.5, 0.6) is 5.75 Å². The summed E-state index contributed by atoms with van der Waals surface area (Å²) in [4.78, 5) is 42.2. The summed E-state index contributed by atoms with van der Waals surface area (Å²) >= 11 is 0. The third-order valence-corrected chi connectivity index (χ3v) is 5.37. The van der Waals surface area contributed by atoms with Crippen LogP contribution < -0.4 is 26.6 Å². The molecule has 0 aliphatic rings. The number of benzene rings is 1. The van der Waals surface area contributed by atoms with Gasteiger partial charge in [0.25, 0.3) is 11.5 Å². The monoisotopic (exact) mass is 458 g/mol. The van der Waals surface area contributed by atoms with Crippen molar-refractivity contribution >= 4 is 17.4 Å². The van der Waals surface area contributed by atoms with Gasteiger partial charge in [-0.2, -0.15) is 0 Å². The number of rotatable bonds is 9. The highest BCUT2D eigenvalue weighted by Crippen LogP contribution is 2.25. The quantitative estimate of drug-likeness (QED) is 0.596. The smallest absolute Gasteiger partial charge is 0.330 e. The highest BCUT2D eigenvalue weighted by molar-refractivity contribution is 5.98. The lowest BCUT2D eigenvalue weighted by molar-refractivity contribution is -0.124. The molecule has 8 nitrogen and oxygen atoms in total. The molecule has 0 aliphatic heterocycles. The molecule has 1 heterocycles. The molecule has 1 aromatic heterocycles. The minimum absolute atomic E-state index is 0.0178. The van der Waals surface area contributed by atoms with Gasteiger partial charge in [0.05, 0.1) is 0 Å². The molecule has 182 valence electrons. The van der Waals surface area contributed by atoms with E-state index in [1.54, 1.807) is 6.92 Å². The van der Waals surface area contributed by atoms with Crippen molar-refractivity contribution in [1.82, 2.24) is 9.55 Å². The van der Waals surface area contributed by atoms with E-state index < -0.39 is 23.3 Å². The second-order valence-corrected chi connectivity index (χ2v) is 9.77. The van der Waals surface area contributed by atoms with Crippen molar-refractivity contribution in [1.29, 1.82) is 0 Å². The number of carbonyl (C=O) groups excluding carboxylic acids is 1. The van der Waals surface area contributed by atoms with E-state index in [9.17, 15) is 14.4 Å². The Labute approximate surface area is 195 Å². The van der Waals surface area contributed by atoms with Crippen LogP contribution in [0.2, 0.25) is 0 Å². The summed E-state index contributed by atoms with van der Waals surface area (Å²) in [5, 5.41) is 0. The molecule has 33 heavy (non-hydrogen) atoms. The number of aromatic nitrogens is 2. The molecule has 1 aromatic carbocycles. The largest absolute Gasteiger partial charge is 0.481 e. The number of nitrogen functional groups attached to an aromatic ring is 1. The Morgan fingerprint density at radius 1 is 1.09 bits per heavy atom. The highest BCUT2D eigenvalue weighted by Gasteiger charge is 2.29. The Morgan fingerprint density at radius 3 is 2.24 bits per heavy atom. The summed E-state index contributed by atoms with van der Waals surface area (Å²) in [5.41, 5.74) is 7.29. The second kappa shape index (κ2) is 10.7. The van der Waals surface area contributed by atoms with Crippen LogP contribution in [0.3, 0.4) is 0 Å². The van der Waals surface area contributed by atoms with E-state index in [0.29, 0.717) is 18.2 Å². The van der Waals surface area contributed by atoms with Gasteiger partial charge in [0, 0.05) is 13.1 Å². The first-order valence-electron chi connectivity index (χ1n) is 11.5. The summed E-state index contributed by atoms with van der Waals surface area (Å²) in [6.45, 7) is 16.2. The zero-order chi connectivity index (χ0) is 25.0. The minimum Gasteiger partial charge on any atom is -0.481 e. The van der Waals surface area contributed by atoms with Gasteiger partial charge in [0.15, 0.2) is 11.8 Å². The molecule has 0 fully saturated rings. The Kier molecular flexibility index (Phi) is 8.52. The fraction of sp³-hybridized carbons (Fsp3) is 0.560. The number of amides is 1. The molecule has 0 saturated heterocycles. The molecule has 0 aliphatic carbocycles. The van der Waals surface area contributed by atoms with Crippen molar-refractivity contribution in [2.75, 3.05) is 17.2 Å². The SMILES string of the molecule is Cc1cc(OC(C)C(=O)N(CC(C)C)c2c(N)n(CC(C)C)c(=O)[nH]c2=O)ccc1C(C)C. The molecule has 0 radical (unpaired) electrons. The number of H-pyrrole nitrogens is 1. The number of nitrogens with one attached hydrogen (secondary N) is 1. The van der Waals surface area contributed by atoms with Crippen molar-refractivity contribution in [3.05, 3.63) is 50.2 Å². The maximum Gasteiger partial charge on any atom is 0.330 e. The van der Waals surface area contributed by atoms with Crippen molar-refractivity contribution in [3.8, 4) is 5.75 Å². The fourth-order valence-electron chi connectivity index (χ4n) is 3.88. The first-order valence-corrected chi connectivity index (χ1v) is 11.5.